The lowest BCUT2D eigenvalue weighted by molar-refractivity contribution is -0.0498. The molecule has 0 bridgehead atoms. The van der Waals surface area contributed by atoms with E-state index in [0.717, 1.165) is 25.6 Å². The van der Waals surface area contributed by atoms with Crippen LogP contribution in [0.25, 0.3) is 0 Å². The highest BCUT2D eigenvalue weighted by atomic mass is 19.3. The van der Waals surface area contributed by atoms with Crippen LogP contribution in [0.2, 0.25) is 0 Å². The third-order valence-electron chi connectivity index (χ3n) is 5.28. The summed E-state index contributed by atoms with van der Waals surface area (Å²) in [5.41, 5.74) is 0.347. The number of rotatable bonds is 6. The van der Waals surface area contributed by atoms with Gasteiger partial charge < -0.3 is 15.0 Å². The molecule has 1 saturated carbocycles. The van der Waals surface area contributed by atoms with E-state index in [0.29, 0.717) is 18.0 Å². The van der Waals surface area contributed by atoms with Crippen molar-refractivity contribution in [2.75, 3.05) is 19.6 Å². The molecule has 1 aromatic carbocycles. The van der Waals surface area contributed by atoms with Gasteiger partial charge in [-0.25, -0.2) is 0 Å². The molecule has 1 atom stereocenters. The Morgan fingerprint density at radius 2 is 2.04 bits per heavy atom. The first kappa shape index (κ1) is 18.1. The monoisotopic (exact) mass is 352 g/mol. The molecule has 1 amide bonds. The molecule has 4 nitrogen and oxygen atoms in total. The zero-order chi connectivity index (χ0) is 17.6. The number of likely N-dealkylation sites (tertiary alicyclic amines) is 1. The number of nitrogens with one attached hydrogen (secondary N) is 1. The van der Waals surface area contributed by atoms with Gasteiger partial charge in [-0.15, -0.1) is 0 Å². The molecule has 2 fully saturated rings. The van der Waals surface area contributed by atoms with Crippen LogP contribution in [-0.2, 0) is 0 Å². The molecule has 1 heterocycles. The van der Waals surface area contributed by atoms with E-state index in [1.165, 1.54) is 44.2 Å². The van der Waals surface area contributed by atoms with Crippen LogP contribution in [-0.4, -0.2) is 43.1 Å². The van der Waals surface area contributed by atoms with E-state index in [-0.39, 0.29) is 11.7 Å². The molecular formula is C19H26F2N2O2. The maximum Gasteiger partial charge on any atom is 0.387 e. The van der Waals surface area contributed by atoms with E-state index in [2.05, 4.69) is 15.0 Å². The predicted octanol–water partition coefficient (Wildman–Crippen LogP) is 3.67. The maximum atomic E-state index is 12.3. The van der Waals surface area contributed by atoms with Crippen molar-refractivity contribution in [2.24, 2.45) is 5.92 Å². The molecule has 3 rings (SSSR count). The predicted molar refractivity (Wildman–Crippen MR) is 92.0 cm³/mol. The molecule has 2 aliphatic rings. The number of ether oxygens (including phenoxy) is 1. The molecule has 1 aliphatic heterocycles. The minimum atomic E-state index is -2.89. The van der Waals surface area contributed by atoms with Crippen molar-refractivity contribution in [2.45, 2.75) is 51.2 Å². The van der Waals surface area contributed by atoms with E-state index >= 15 is 0 Å². The molecule has 138 valence electrons. The maximum absolute atomic E-state index is 12.3. The van der Waals surface area contributed by atoms with Crippen molar-refractivity contribution < 1.29 is 18.3 Å². The van der Waals surface area contributed by atoms with Gasteiger partial charge in [0.2, 0.25) is 0 Å². The zero-order valence-corrected chi connectivity index (χ0v) is 14.4. The van der Waals surface area contributed by atoms with Crippen LogP contribution >= 0.6 is 0 Å². The molecule has 25 heavy (non-hydrogen) atoms. The van der Waals surface area contributed by atoms with Crippen LogP contribution in [0.15, 0.2) is 24.3 Å². The number of nitrogens with zero attached hydrogens (tertiary/aromatic N) is 1. The second-order valence-electron chi connectivity index (χ2n) is 7.06. The van der Waals surface area contributed by atoms with E-state index < -0.39 is 6.61 Å². The Kier molecular flexibility index (Phi) is 6.24. The normalized spacial score (nSPS) is 22.3. The van der Waals surface area contributed by atoms with Gasteiger partial charge in [-0.3, -0.25) is 4.79 Å². The Bertz CT molecular complexity index is 576. The van der Waals surface area contributed by atoms with Crippen molar-refractivity contribution in [3.63, 3.8) is 0 Å². The minimum Gasteiger partial charge on any atom is -0.435 e. The van der Waals surface area contributed by atoms with Gasteiger partial charge in [-0.05, 0) is 49.9 Å². The topological polar surface area (TPSA) is 41.6 Å². The van der Waals surface area contributed by atoms with E-state index in [1.807, 2.05) is 0 Å². The van der Waals surface area contributed by atoms with Crippen LogP contribution < -0.4 is 10.1 Å². The van der Waals surface area contributed by atoms with Gasteiger partial charge in [0, 0.05) is 24.7 Å². The van der Waals surface area contributed by atoms with Gasteiger partial charge in [0.1, 0.15) is 5.75 Å². The zero-order valence-electron chi connectivity index (χ0n) is 14.4. The fourth-order valence-corrected chi connectivity index (χ4v) is 3.96. The number of amides is 1. The molecule has 6 heteroatoms. The molecular weight excluding hydrogens is 326 g/mol. The fourth-order valence-electron chi connectivity index (χ4n) is 3.96. The number of carbonyl (C=O) groups excluding carboxylic acids is 1. The number of carbonyl (C=O) groups is 1. The fraction of sp³-hybridized carbons (Fsp3) is 0.632. The third-order valence-corrected chi connectivity index (χ3v) is 5.28. The first-order valence-corrected chi connectivity index (χ1v) is 9.19. The number of alkyl halides is 2. The van der Waals surface area contributed by atoms with E-state index in [4.69, 9.17) is 0 Å². The Hall–Kier alpha value is -1.69. The van der Waals surface area contributed by atoms with Crippen molar-refractivity contribution in [3.8, 4) is 5.75 Å². The van der Waals surface area contributed by atoms with Crippen LogP contribution in [0, 0.1) is 5.92 Å². The van der Waals surface area contributed by atoms with E-state index in [9.17, 15) is 13.6 Å². The van der Waals surface area contributed by atoms with E-state index in [1.54, 1.807) is 12.1 Å². The standard InChI is InChI=1S/C19H26F2N2O2/c20-19(21)25-17-8-4-5-15(11-17)18(24)22-12-14-9-10-23(13-14)16-6-2-1-3-7-16/h4-5,8,11,14,16,19H,1-3,6-7,9-10,12-13H2,(H,22,24). The first-order valence-electron chi connectivity index (χ1n) is 9.19. The van der Waals surface area contributed by atoms with Gasteiger partial charge in [-0.2, -0.15) is 8.78 Å². The van der Waals surface area contributed by atoms with Crippen LogP contribution in [0.4, 0.5) is 8.78 Å². The summed E-state index contributed by atoms with van der Waals surface area (Å²) in [4.78, 5) is 14.8. The third kappa shape index (κ3) is 5.14. The highest BCUT2D eigenvalue weighted by Crippen LogP contribution is 2.27. The number of hydrogen-bond acceptors (Lipinski definition) is 3. The second kappa shape index (κ2) is 8.61. The van der Waals surface area contributed by atoms with Crippen LogP contribution in [0.3, 0.4) is 0 Å². The molecule has 0 spiro atoms. The lowest BCUT2D eigenvalue weighted by Gasteiger charge is -2.31. The summed E-state index contributed by atoms with van der Waals surface area (Å²) in [5, 5.41) is 2.94. The van der Waals surface area contributed by atoms with Gasteiger partial charge in [-0.1, -0.05) is 25.3 Å². The Balaban J connectivity index is 1.46. The summed E-state index contributed by atoms with van der Waals surface area (Å²) in [5.74, 6) is 0.231. The van der Waals surface area contributed by atoms with Gasteiger partial charge >= 0.3 is 6.61 Å². The average Bonchev–Trinajstić information content (AvgIpc) is 3.09. The number of hydrogen-bond donors (Lipinski definition) is 1. The van der Waals surface area contributed by atoms with Crippen LogP contribution in [0.5, 0.6) is 5.75 Å². The summed E-state index contributed by atoms with van der Waals surface area (Å²) in [6.07, 6.45) is 7.73. The number of benzene rings is 1. The van der Waals surface area contributed by atoms with Crippen molar-refractivity contribution in [1.29, 1.82) is 0 Å². The molecule has 1 aliphatic carbocycles. The average molecular weight is 352 g/mol. The molecule has 1 saturated heterocycles. The van der Waals surface area contributed by atoms with Crippen molar-refractivity contribution in [1.82, 2.24) is 10.2 Å². The summed E-state index contributed by atoms with van der Waals surface area (Å²) < 4.78 is 28.9. The highest BCUT2D eigenvalue weighted by molar-refractivity contribution is 5.94. The minimum absolute atomic E-state index is 0.00647. The Morgan fingerprint density at radius 1 is 1.24 bits per heavy atom. The lowest BCUT2D eigenvalue weighted by Crippen LogP contribution is -2.36. The van der Waals surface area contributed by atoms with Crippen LogP contribution in [0.1, 0.15) is 48.9 Å². The second-order valence-corrected chi connectivity index (χ2v) is 7.06. The molecule has 0 radical (unpaired) electrons. The highest BCUT2D eigenvalue weighted by Gasteiger charge is 2.29. The molecule has 1 aromatic rings. The lowest BCUT2D eigenvalue weighted by atomic mass is 9.94. The van der Waals surface area contributed by atoms with Gasteiger partial charge in [0.25, 0.3) is 5.91 Å². The van der Waals surface area contributed by atoms with Crippen molar-refractivity contribution in [3.05, 3.63) is 29.8 Å². The smallest absolute Gasteiger partial charge is 0.387 e. The Labute approximate surface area is 147 Å². The summed E-state index contributed by atoms with van der Waals surface area (Å²) in [6.45, 7) is -0.104. The molecule has 1 unspecified atom stereocenters. The largest absolute Gasteiger partial charge is 0.435 e. The Morgan fingerprint density at radius 3 is 2.80 bits per heavy atom. The molecule has 0 aromatic heterocycles. The van der Waals surface area contributed by atoms with Crippen molar-refractivity contribution >= 4 is 5.91 Å². The quantitative estimate of drug-likeness (QED) is 0.849. The molecule has 1 N–H and O–H groups in total. The SMILES string of the molecule is O=C(NCC1CCN(C2CCCCC2)C1)c1cccc(OC(F)F)c1. The first-order chi connectivity index (χ1) is 12.1. The summed E-state index contributed by atoms with van der Waals surface area (Å²) >= 11 is 0. The van der Waals surface area contributed by atoms with Gasteiger partial charge in [0.05, 0.1) is 0 Å². The van der Waals surface area contributed by atoms with Gasteiger partial charge in [0.15, 0.2) is 0 Å². The summed E-state index contributed by atoms with van der Waals surface area (Å²) in [6, 6.07) is 6.65. The summed E-state index contributed by atoms with van der Waals surface area (Å²) in [7, 11) is 0. The number of halogens is 2.